The molecule has 0 radical (unpaired) electrons. The van der Waals surface area contributed by atoms with Crippen LogP contribution in [-0.4, -0.2) is 79.1 Å². The molecular weight excluding hydrogens is 512 g/mol. The molecule has 3 amide bonds. The van der Waals surface area contributed by atoms with E-state index in [1.165, 1.54) is 36.8 Å². The smallest absolute Gasteiger partial charge is 0.326 e. The monoisotopic (exact) mass is 546 g/mol. The van der Waals surface area contributed by atoms with E-state index in [-0.39, 0.29) is 31.4 Å². The molecule has 0 aliphatic carbocycles. The Hall–Kier alpha value is -4.46. The molecule has 4 atom stereocenters. The number of nitrogens with two attached hydrogens (primary N) is 1. The molecule has 1 aromatic carbocycles. The molecule has 0 fully saturated rings. The van der Waals surface area contributed by atoms with Crippen LogP contribution < -0.4 is 21.7 Å². The fourth-order valence-electron chi connectivity index (χ4n) is 3.63. The number of aromatic hydroxyl groups is 1. The number of imidazole rings is 1. The summed E-state index contributed by atoms with van der Waals surface area (Å²) in [5.41, 5.74) is 6.84. The summed E-state index contributed by atoms with van der Waals surface area (Å²) < 4.78 is 0. The average Bonchev–Trinajstić information content (AvgIpc) is 3.38. The summed E-state index contributed by atoms with van der Waals surface area (Å²) in [5, 5.41) is 35.4. The van der Waals surface area contributed by atoms with Crippen molar-refractivity contribution in [3.05, 3.63) is 48.0 Å². The molecular formula is C25H34N6O8. The van der Waals surface area contributed by atoms with Gasteiger partial charge in [0.1, 0.15) is 23.9 Å². The van der Waals surface area contributed by atoms with E-state index in [9.17, 15) is 34.2 Å². The fraction of sp³-hybridized carbons (Fsp3) is 0.440. The number of hydrogen-bond acceptors (Lipinski definition) is 8. The Bertz CT molecular complexity index is 1140. The lowest BCUT2D eigenvalue weighted by Crippen LogP contribution is -2.59. The van der Waals surface area contributed by atoms with Crippen molar-refractivity contribution in [2.45, 2.75) is 63.7 Å². The van der Waals surface area contributed by atoms with E-state index >= 15 is 0 Å². The fourth-order valence-corrected chi connectivity index (χ4v) is 3.63. The molecule has 14 heteroatoms. The third-order valence-corrected chi connectivity index (χ3v) is 5.86. The molecule has 0 bridgehead atoms. The summed E-state index contributed by atoms with van der Waals surface area (Å²) in [5.74, 6) is -5.08. The molecule has 0 spiro atoms. The van der Waals surface area contributed by atoms with E-state index in [0.717, 1.165) is 0 Å². The van der Waals surface area contributed by atoms with Gasteiger partial charge in [0, 0.05) is 31.2 Å². The number of carboxylic acids is 2. The van der Waals surface area contributed by atoms with Crippen molar-refractivity contribution >= 4 is 29.7 Å². The number of phenolic OH excluding ortho intramolecular Hbond substituents is 1. The minimum atomic E-state index is -1.31. The first kappa shape index (κ1) is 30.8. The zero-order chi connectivity index (χ0) is 29.1. The number of rotatable bonds is 15. The van der Waals surface area contributed by atoms with Crippen LogP contribution in [0.4, 0.5) is 0 Å². The van der Waals surface area contributed by atoms with Crippen molar-refractivity contribution in [3.8, 4) is 5.75 Å². The van der Waals surface area contributed by atoms with Crippen LogP contribution in [0, 0.1) is 5.92 Å². The summed E-state index contributed by atoms with van der Waals surface area (Å²) in [6, 6.07) is 1.01. The van der Waals surface area contributed by atoms with E-state index in [1.54, 1.807) is 13.8 Å². The molecule has 1 aromatic heterocycles. The molecule has 0 saturated heterocycles. The van der Waals surface area contributed by atoms with Crippen LogP contribution in [0.15, 0.2) is 36.8 Å². The zero-order valence-electron chi connectivity index (χ0n) is 21.6. The topological polar surface area (TPSA) is 237 Å². The number of H-pyrrole nitrogens is 1. The summed E-state index contributed by atoms with van der Waals surface area (Å²) in [6.45, 7) is 3.31. The van der Waals surface area contributed by atoms with E-state index < -0.39 is 59.7 Å². The average molecular weight is 547 g/mol. The molecule has 2 rings (SSSR count). The molecule has 1 heterocycles. The van der Waals surface area contributed by atoms with E-state index in [1.807, 2.05) is 0 Å². The second-order valence-corrected chi connectivity index (χ2v) is 9.38. The quantitative estimate of drug-likeness (QED) is 0.140. The van der Waals surface area contributed by atoms with Gasteiger partial charge in [0.05, 0.1) is 12.4 Å². The molecule has 2 aromatic rings. The lowest BCUT2D eigenvalue weighted by atomic mass is 10.00. The Morgan fingerprint density at radius 1 is 0.923 bits per heavy atom. The highest BCUT2D eigenvalue weighted by Gasteiger charge is 2.32. The van der Waals surface area contributed by atoms with Crippen molar-refractivity contribution in [2.75, 3.05) is 0 Å². The standard InChI is InChI=1S/C25H34N6O8/c1-13(2)21(24(37)30-19(25(38)39)9-14-3-5-16(32)6-4-14)31-23(36)18(10-15-11-27-12-28-15)29-22(35)17(26)7-8-20(33)34/h3-6,11-13,17-19,21,32H,7-10,26H2,1-2H3,(H,27,28)(H,29,35)(H,30,37)(H,31,36)(H,33,34)(H,38,39). The van der Waals surface area contributed by atoms with Crippen LogP contribution in [0.3, 0.4) is 0 Å². The van der Waals surface area contributed by atoms with Crippen molar-refractivity contribution in [3.63, 3.8) is 0 Å². The van der Waals surface area contributed by atoms with Crippen molar-refractivity contribution in [1.29, 1.82) is 0 Å². The first-order valence-corrected chi connectivity index (χ1v) is 12.2. The lowest BCUT2D eigenvalue weighted by Gasteiger charge is -2.27. The number of carbonyl (C=O) groups excluding carboxylic acids is 3. The maximum atomic E-state index is 13.2. The second kappa shape index (κ2) is 14.5. The predicted molar refractivity (Wildman–Crippen MR) is 137 cm³/mol. The maximum absolute atomic E-state index is 13.2. The van der Waals surface area contributed by atoms with Crippen LogP contribution in [-0.2, 0) is 36.8 Å². The van der Waals surface area contributed by atoms with Crippen LogP contribution in [0.5, 0.6) is 5.75 Å². The second-order valence-electron chi connectivity index (χ2n) is 9.38. The van der Waals surface area contributed by atoms with Crippen LogP contribution in [0.2, 0.25) is 0 Å². The van der Waals surface area contributed by atoms with Gasteiger partial charge in [-0.05, 0) is 30.0 Å². The number of aliphatic carboxylic acids is 2. The van der Waals surface area contributed by atoms with Gasteiger partial charge >= 0.3 is 11.9 Å². The number of amides is 3. The SMILES string of the molecule is CC(C)C(NC(=O)C(Cc1cnc[nH]1)NC(=O)C(N)CCC(=O)O)C(=O)NC(Cc1ccc(O)cc1)C(=O)O. The Morgan fingerprint density at radius 2 is 1.56 bits per heavy atom. The van der Waals surface area contributed by atoms with Crippen molar-refractivity contribution in [2.24, 2.45) is 11.7 Å². The van der Waals surface area contributed by atoms with Gasteiger partial charge in [-0.3, -0.25) is 19.2 Å². The first-order chi connectivity index (χ1) is 18.4. The number of aromatic nitrogens is 2. The highest BCUT2D eigenvalue weighted by Crippen LogP contribution is 2.12. The zero-order valence-corrected chi connectivity index (χ0v) is 21.6. The first-order valence-electron chi connectivity index (χ1n) is 12.2. The van der Waals surface area contributed by atoms with Crippen molar-refractivity contribution < 1.29 is 39.3 Å². The Balaban J connectivity index is 2.15. The van der Waals surface area contributed by atoms with Crippen molar-refractivity contribution in [1.82, 2.24) is 25.9 Å². The van der Waals surface area contributed by atoms with E-state index in [2.05, 4.69) is 25.9 Å². The summed E-state index contributed by atoms with van der Waals surface area (Å²) >= 11 is 0. The number of hydrogen-bond donors (Lipinski definition) is 8. The molecule has 4 unspecified atom stereocenters. The summed E-state index contributed by atoms with van der Waals surface area (Å²) in [7, 11) is 0. The number of aromatic amines is 1. The Labute approximate surface area is 224 Å². The minimum Gasteiger partial charge on any atom is -0.508 e. The normalized spacial score (nSPS) is 14.1. The molecule has 0 aliphatic rings. The number of nitrogens with one attached hydrogen (secondary N) is 4. The van der Waals surface area contributed by atoms with Crippen LogP contribution >= 0.6 is 0 Å². The van der Waals surface area contributed by atoms with Gasteiger partial charge in [-0.15, -0.1) is 0 Å². The van der Waals surface area contributed by atoms with Gasteiger partial charge in [0.25, 0.3) is 0 Å². The number of nitrogens with zero attached hydrogens (tertiary/aromatic N) is 1. The molecule has 212 valence electrons. The van der Waals surface area contributed by atoms with Gasteiger partial charge in [-0.25, -0.2) is 9.78 Å². The van der Waals surface area contributed by atoms with Crippen LogP contribution in [0.1, 0.15) is 37.9 Å². The third kappa shape index (κ3) is 10.1. The summed E-state index contributed by atoms with van der Waals surface area (Å²) in [4.78, 5) is 68.2. The van der Waals surface area contributed by atoms with Gasteiger partial charge in [-0.2, -0.15) is 0 Å². The van der Waals surface area contributed by atoms with Crippen LogP contribution in [0.25, 0.3) is 0 Å². The largest absolute Gasteiger partial charge is 0.508 e. The molecule has 9 N–H and O–H groups in total. The number of carboxylic acid groups (broad SMARTS) is 2. The number of phenols is 1. The van der Waals surface area contributed by atoms with E-state index in [4.69, 9.17) is 10.8 Å². The molecule has 14 nitrogen and oxygen atoms in total. The highest BCUT2D eigenvalue weighted by molar-refractivity contribution is 5.94. The van der Waals surface area contributed by atoms with Gasteiger partial charge in [-0.1, -0.05) is 26.0 Å². The highest BCUT2D eigenvalue weighted by atomic mass is 16.4. The molecule has 39 heavy (non-hydrogen) atoms. The Morgan fingerprint density at radius 3 is 2.10 bits per heavy atom. The third-order valence-electron chi connectivity index (χ3n) is 5.86. The predicted octanol–water partition coefficient (Wildman–Crippen LogP) is -0.712. The van der Waals surface area contributed by atoms with Gasteiger partial charge in [0.15, 0.2) is 0 Å². The maximum Gasteiger partial charge on any atom is 0.326 e. The lowest BCUT2D eigenvalue weighted by molar-refractivity contribution is -0.142. The Kier molecular flexibility index (Phi) is 11.4. The van der Waals surface area contributed by atoms with Gasteiger partial charge in [0.2, 0.25) is 17.7 Å². The molecule has 0 saturated carbocycles. The number of carbonyl (C=O) groups is 5. The minimum absolute atomic E-state index is 0.0110. The molecule has 0 aliphatic heterocycles. The van der Waals surface area contributed by atoms with E-state index in [0.29, 0.717) is 11.3 Å². The number of benzene rings is 1. The van der Waals surface area contributed by atoms with Gasteiger partial charge < -0.3 is 42.0 Å². The summed E-state index contributed by atoms with van der Waals surface area (Å²) in [6.07, 6.45) is 2.26.